The van der Waals surface area contributed by atoms with Gasteiger partial charge in [0.2, 0.25) is 0 Å². The summed E-state index contributed by atoms with van der Waals surface area (Å²) >= 11 is 0. The van der Waals surface area contributed by atoms with E-state index in [0.717, 1.165) is 0 Å². The molecule has 0 bridgehead atoms. The van der Waals surface area contributed by atoms with Crippen LogP contribution >= 0.6 is 21.3 Å². The second-order valence-electron chi connectivity index (χ2n) is 0.491. The van der Waals surface area contributed by atoms with Crippen molar-refractivity contribution in [2.45, 2.75) is 0 Å². The third kappa shape index (κ3) is 161. The first-order chi connectivity index (χ1) is 2.00. The molecule has 0 atom stereocenters. The first-order valence-corrected chi connectivity index (χ1v) is 2.30. The summed E-state index contributed by atoms with van der Waals surface area (Å²) < 4.78 is 8.77. The Hall–Kier alpha value is 1.06. The molecule has 2 N–H and O–H groups in total. The van der Waals surface area contributed by atoms with E-state index in [1.54, 1.807) is 0 Å². The second-order valence-corrected chi connectivity index (χ2v) is 1.47. The number of rotatable bonds is 0. The molecule has 0 saturated heterocycles. The fourth-order valence-corrected chi connectivity index (χ4v) is 0. The summed E-state index contributed by atoms with van der Waals surface area (Å²) in [6.45, 7) is 0. The average Bonchev–Trinajstić information content (AvgIpc) is 0.722. The van der Waals surface area contributed by atoms with Crippen LogP contribution in [0.4, 0.5) is 0 Å². The van der Waals surface area contributed by atoms with Gasteiger partial charge in [0.05, 0.1) is 0 Å². The molecule has 2 radical (unpaired) electrons. The Labute approximate surface area is 59.8 Å². The molecule has 0 aromatic carbocycles. The van der Waals surface area contributed by atoms with Crippen molar-refractivity contribution in [3.63, 3.8) is 0 Å². The van der Waals surface area contributed by atoms with E-state index in [9.17, 15) is 0 Å². The van der Waals surface area contributed by atoms with E-state index in [0.29, 0.717) is 0 Å². The largest absolute Gasteiger partial charge is 1.00 e. The van der Waals surface area contributed by atoms with Crippen molar-refractivity contribution in [3.8, 4) is 0 Å². The molecule has 0 aromatic heterocycles. The Balaban J connectivity index is -0.0000000800. The van der Waals surface area contributed by atoms with E-state index in [-0.39, 0.29) is 32.4 Å². The Bertz CT molecular complexity index is 57.8. The van der Waals surface area contributed by atoms with Gasteiger partial charge < -0.3 is 14.7 Å². The van der Waals surface area contributed by atoms with Gasteiger partial charge in [0.15, 0.2) is 0 Å². The average molecular weight is 136 g/mol. The molecule has 0 aliphatic rings. The zero-order valence-electron chi connectivity index (χ0n) is 3.57. The molecule has 0 unspecified atom stereocenters. The molecule has 0 amide bonds. The van der Waals surface area contributed by atoms with Crippen molar-refractivity contribution in [2.75, 3.05) is 0 Å². The second kappa shape index (κ2) is 5.20. The fourth-order valence-electron chi connectivity index (χ4n) is 0. The Kier molecular flexibility index (Phi) is 11.7. The van der Waals surface area contributed by atoms with E-state index >= 15 is 0 Å². The van der Waals surface area contributed by atoms with Crippen LogP contribution in [0.25, 0.3) is 0 Å². The molecular formula is H2LiO4PS. The van der Waals surface area contributed by atoms with Crippen LogP contribution in [-0.2, 0) is 4.57 Å². The molecule has 0 aliphatic carbocycles. The molecule has 0 aromatic rings. The molecular weight excluding hydrogens is 134 g/mol. The van der Waals surface area contributed by atoms with Gasteiger partial charge in [0.25, 0.3) is 7.82 Å². The third-order valence-electron chi connectivity index (χ3n) is 0. The predicted octanol–water partition coefficient (Wildman–Crippen LogP) is -3.91. The van der Waals surface area contributed by atoms with Crippen LogP contribution in [0.2, 0.25) is 0 Å². The van der Waals surface area contributed by atoms with Gasteiger partial charge in [-0.1, -0.05) is 0 Å². The fraction of sp³-hybridized carbons (Fsp3) is 0. The maximum atomic E-state index is 8.77. The van der Waals surface area contributed by atoms with Crippen LogP contribution in [0.5, 0.6) is 0 Å². The molecule has 0 fully saturated rings. The molecule has 0 spiro atoms. The minimum Gasteiger partial charge on any atom is -0.756 e. The minimum atomic E-state index is -4.89. The molecule has 4 nitrogen and oxygen atoms in total. The minimum absolute atomic E-state index is 0. The summed E-state index contributed by atoms with van der Waals surface area (Å²) in [6.07, 6.45) is 0. The molecule has 7 heavy (non-hydrogen) atoms. The SMILES string of the molecule is O=P([O-])(O)O.[Li+].[S]. The van der Waals surface area contributed by atoms with Gasteiger partial charge in [-0.3, -0.25) is 4.57 Å². The van der Waals surface area contributed by atoms with E-state index in [1.165, 1.54) is 0 Å². The number of phosphoric acid groups is 1. The smallest absolute Gasteiger partial charge is 0.756 e. The summed E-state index contributed by atoms with van der Waals surface area (Å²) in [4.78, 5) is 22.9. The third-order valence-corrected chi connectivity index (χ3v) is 0. The molecule has 0 rings (SSSR count). The van der Waals surface area contributed by atoms with Crippen molar-refractivity contribution >= 4 is 21.3 Å². The van der Waals surface area contributed by atoms with Gasteiger partial charge in [0, 0.05) is 13.5 Å². The van der Waals surface area contributed by atoms with Crippen LogP contribution in [0.1, 0.15) is 0 Å². The van der Waals surface area contributed by atoms with Gasteiger partial charge in [-0.25, -0.2) is 0 Å². The summed E-state index contributed by atoms with van der Waals surface area (Å²) in [5, 5.41) is 0. The predicted molar refractivity (Wildman–Crippen MR) is 19.6 cm³/mol. The van der Waals surface area contributed by atoms with Crippen molar-refractivity contribution in [1.29, 1.82) is 0 Å². The standard InChI is InChI=1S/Li.H3O4P.S/c;1-5(2,3)4;/h;(H3,1,2,3,4);/q+1;;/p-1. The van der Waals surface area contributed by atoms with Gasteiger partial charge in [0.1, 0.15) is 0 Å². The first-order valence-electron chi connectivity index (χ1n) is 0.765. The van der Waals surface area contributed by atoms with Crippen LogP contribution in [0, 0.1) is 0 Å². The summed E-state index contributed by atoms with van der Waals surface area (Å²) in [7, 11) is -4.89. The van der Waals surface area contributed by atoms with Crippen molar-refractivity contribution in [1.82, 2.24) is 0 Å². The van der Waals surface area contributed by atoms with E-state index < -0.39 is 7.82 Å². The van der Waals surface area contributed by atoms with E-state index in [2.05, 4.69) is 0 Å². The first kappa shape index (κ1) is 15.7. The molecule has 38 valence electrons. The normalized spacial score (nSPS) is 8.43. The topological polar surface area (TPSA) is 80.6 Å². The molecule has 0 aliphatic heterocycles. The molecule has 0 heterocycles. The maximum absolute atomic E-state index is 8.77. The summed E-state index contributed by atoms with van der Waals surface area (Å²) in [6, 6.07) is 0. The Morgan fingerprint density at radius 3 is 1.43 bits per heavy atom. The Morgan fingerprint density at radius 1 is 1.43 bits per heavy atom. The van der Waals surface area contributed by atoms with Gasteiger partial charge in [-0.05, 0) is 0 Å². The monoisotopic (exact) mass is 136 g/mol. The van der Waals surface area contributed by atoms with Crippen LogP contribution in [0.3, 0.4) is 0 Å². The Morgan fingerprint density at radius 2 is 1.43 bits per heavy atom. The van der Waals surface area contributed by atoms with Gasteiger partial charge >= 0.3 is 18.9 Å². The van der Waals surface area contributed by atoms with Crippen molar-refractivity contribution in [3.05, 3.63) is 0 Å². The summed E-state index contributed by atoms with van der Waals surface area (Å²) in [5.41, 5.74) is 0. The van der Waals surface area contributed by atoms with Crippen LogP contribution in [-0.4, -0.2) is 9.79 Å². The van der Waals surface area contributed by atoms with Crippen LogP contribution < -0.4 is 23.8 Å². The zero-order valence-corrected chi connectivity index (χ0v) is 5.28. The number of hydrogen-bond donors (Lipinski definition) is 2. The molecule has 0 saturated carbocycles. The van der Waals surface area contributed by atoms with Crippen molar-refractivity contribution in [2.24, 2.45) is 0 Å². The van der Waals surface area contributed by atoms with Gasteiger partial charge in [-0.2, -0.15) is 0 Å². The maximum Gasteiger partial charge on any atom is 1.00 e. The van der Waals surface area contributed by atoms with Crippen LogP contribution in [0.15, 0.2) is 0 Å². The van der Waals surface area contributed by atoms with E-state index in [4.69, 9.17) is 19.2 Å². The summed E-state index contributed by atoms with van der Waals surface area (Å²) in [5.74, 6) is 0. The van der Waals surface area contributed by atoms with Crippen molar-refractivity contribution < 1.29 is 38.1 Å². The van der Waals surface area contributed by atoms with Gasteiger partial charge in [-0.15, -0.1) is 0 Å². The van der Waals surface area contributed by atoms with E-state index in [1.807, 2.05) is 0 Å². The zero-order chi connectivity index (χ0) is 4.50. The quantitative estimate of drug-likeness (QED) is 0.263. The number of hydrogen-bond acceptors (Lipinski definition) is 2. The molecule has 7 heteroatoms.